The maximum absolute atomic E-state index is 12.2. The molecule has 1 amide bonds. The number of ketones is 1. The van der Waals surface area contributed by atoms with Crippen LogP contribution in [-0.2, 0) is 14.3 Å². The van der Waals surface area contributed by atoms with Crippen LogP contribution in [0.4, 0.5) is 0 Å². The average molecular weight is 338 g/mol. The summed E-state index contributed by atoms with van der Waals surface area (Å²) in [6, 6.07) is 6.62. The standard InChI is InChI=1S/C17H20ClNO4/c1-23-17(22)13-3-2-10-19(11-13)16(21)9-8-15(20)12-4-6-14(18)7-5-12/h4-7,13H,2-3,8-11H2,1H3. The lowest BCUT2D eigenvalue weighted by atomic mass is 9.97. The highest BCUT2D eigenvalue weighted by Gasteiger charge is 2.28. The Bertz CT molecular complexity index is 585. The molecule has 1 aromatic carbocycles. The van der Waals surface area contributed by atoms with Crippen molar-refractivity contribution in [3.63, 3.8) is 0 Å². The summed E-state index contributed by atoms with van der Waals surface area (Å²) < 4.78 is 4.74. The third-order valence-corrected chi connectivity index (χ3v) is 4.29. The fraction of sp³-hybridized carbons (Fsp3) is 0.471. The molecule has 1 saturated heterocycles. The van der Waals surface area contributed by atoms with Crippen molar-refractivity contribution in [3.8, 4) is 0 Å². The van der Waals surface area contributed by atoms with E-state index in [0.717, 1.165) is 12.8 Å². The molecule has 0 aliphatic carbocycles. The first-order chi connectivity index (χ1) is 11.0. The van der Waals surface area contributed by atoms with Crippen LogP contribution in [0.3, 0.4) is 0 Å². The molecule has 0 spiro atoms. The maximum Gasteiger partial charge on any atom is 0.310 e. The number of rotatable bonds is 5. The molecule has 1 aliphatic heterocycles. The van der Waals surface area contributed by atoms with E-state index in [1.165, 1.54) is 7.11 Å². The highest BCUT2D eigenvalue weighted by Crippen LogP contribution is 2.19. The molecule has 0 N–H and O–H groups in total. The highest BCUT2D eigenvalue weighted by atomic mass is 35.5. The lowest BCUT2D eigenvalue weighted by molar-refractivity contribution is -0.149. The van der Waals surface area contributed by atoms with E-state index in [1.54, 1.807) is 29.2 Å². The molecule has 6 heteroatoms. The van der Waals surface area contributed by atoms with Gasteiger partial charge in [0.25, 0.3) is 0 Å². The van der Waals surface area contributed by atoms with Gasteiger partial charge in [-0.25, -0.2) is 0 Å². The van der Waals surface area contributed by atoms with E-state index in [1.807, 2.05) is 0 Å². The number of methoxy groups -OCH3 is 1. The Hall–Kier alpha value is -1.88. The van der Waals surface area contributed by atoms with E-state index in [-0.39, 0.29) is 36.4 Å². The zero-order valence-electron chi connectivity index (χ0n) is 13.1. The lowest BCUT2D eigenvalue weighted by Gasteiger charge is -2.31. The number of likely N-dealkylation sites (tertiary alicyclic amines) is 1. The van der Waals surface area contributed by atoms with Gasteiger partial charge in [-0.2, -0.15) is 0 Å². The van der Waals surface area contributed by atoms with Gasteiger partial charge >= 0.3 is 5.97 Å². The quantitative estimate of drug-likeness (QED) is 0.612. The molecule has 0 aromatic heterocycles. The first-order valence-corrected chi connectivity index (χ1v) is 8.03. The molecule has 5 nitrogen and oxygen atoms in total. The van der Waals surface area contributed by atoms with Gasteiger partial charge in [-0.05, 0) is 37.1 Å². The minimum atomic E-state index is -0.278. The molecule has 0 radical (unpaired) electrons. The number of hydrogen-bond donors (Lipinski definition) is 0. The summed E-state index contributed by atoms with van der Waals surface area (Å²) in [5.74, 6) is -0.720. The summed E-state index contributed by atoms with van der Waals surface area (Å²) in [6.07, 6.45) is 1.81. The number of benzene rings is 1. The number of ether oxygens (including phenoxy) is 1. The number of amides is 1. The Morgan fingerprint density at radius 2 is 1.91 bits per heavy atom. The Labute approximate surface area is 140 Å². The first-order valence-electron chi connectivity index (χ1n) is 7.65. The SMILES string of the molecule is COC(=O)C1CCCN(C(=O)CCC(=O)c2ccc(Cl)cc2)C1. The number of hydrogen-bond acceptors (Lipinski definition) is 4. The Morgan fingerprint density at radius 3 is 2.57 bits per heavy atom. The fourth-order valence-electron chi connectivity index (χ4n) is 2.72. The summed E-state index contributed by atoms with van der Waals surface area (Å²) >= 11 is 5.79. The second kappa shape index (κ2) is 8.11. The van der Waals surface area contributed by atoms with Crippen LogP contribution in [0.5, 0.6) is 0 Å². The van der Waals surface area contributed by atoms with Crippen molar-refractivity contribution in [2.45, 2.75) is 25.7 Å². The number of carbonyl (C=O) groups excluding carboxylic acids is 3. The van der Waals surface area contributed by atoms with Gasteiger partial charge in [0.1, 0.15) is 0 Å². The van der Waals surface area contributed by atoms with Crippen molar-refractivity contribution in [1.29, 1.82) is 0 Å². The number of piperidine rings is 1. The van der Waals surface area contributed by atoms with Gasteiger partial charge in [0.05, 0.1) is 13.0 Å². The molecule has 1 aliphatic rings. The minimum absolute atomic E-state index is 0.0865. The predicted octanol–water partition coefficient (Wildman–Crippen LogP) is 2.71. The van der Waals surface area contributed by atoms with Crippen molar-refractivity contribution in [1.82, 2.24) is 4.90 Å². The molecular formula is C17H20ClNO4. The van der Waals surface area contributed by atoms with Crippen LogP contribution in [-0.4, -0.2) is 42.8 Å². The molecule has 0 saturated carbocycles. The van der Waals surface area contributed by atoms with Crippen LogP contribution in [0.25, 0.3) is 0 Å². The van der Waals surface area contributed by atoms with Gasteiger partial charge in [0.15, 0.2) is 5.78 Å². The van der Waals surface area contributed by atoms with Crippen LogP contribution >= 0.6 is 11.6 Å². The van der Waals surface area contributed by atoms with Crippen molar-refractivity contribution in [2.24, 2.45) is 5.92 Å². The molecule has 1 heterocycles. The normalized spacial score (nSPS) is 17.7. The summed E-state index contributed by atoms with van der Waals surface area (Å²) in [5.41, 5.74) is 0.549. The molecule has 1 fully saturated rings. The molecule has 23 heavy (non-hydrogen) atoms. The van der Waals surface area contributed by atoms with Gasteiger partial charge in [-0.15, -0.1) is 0 Å². The molecular weight excluding hydrogens is 318 g/mol. The predicted molar refractivity (Wildman–Crippen MR) is 86.3 cm³/mol. The zero-order chi connectivity index (χ0) is 16.8. The average Bonchev–Trinajstić information content (AvgIpc) is 2.59. The van der Waals surface area contributed by atoms with Gasteiger partial charge < -0.3 is 9.64 Å². The van der Waals surface area contributed by atoms with Crippen molar-refractivity contribution in [2.75, 3.05) is 20.2 Å². The van der Waals surface area contributed by atoms with Crippen LogP contribution in [0, 0.1) is 5.92 Å². The van der Waals surface area contributed by atoms with E-state index in [2.05, 4.69) is 0 Å². The monoisotopic (exact) mass is 337 g/mol. The number of carbonyl (C=O) groups is 3. The van der Waals surface area contributed by atoms with E-state index in [4.69, 9.17) is 16.3 Å². The molecule has 1 aromatic rings. The van der Waals surface area contributed by atoms with Crippen molar-refractivity contribution in [3.05, 3.63) is 34.9 Å². The summed E-state index contributed by atoms with van der Waals surface area (Å²) in [4.78, 5) is 37.6. The Balaban J connectivity index is 1.85. The van der Waals surface area contributed by atoms with Gasteiger partial charge in [0, 0.05) is 36.5 Å². The van der Waals surface area contributed by atoms with Crippen LogP contribution in [0.1, 0.15) is 36.0 Å². The Kier molecular flexibility index (Phi) is 6.16. The van der Waals surface area contributed by atoms with Crippen LogP contribution < -0.4 is 0 Å². The second-order valence-corrected chi connectivity index (χ2v) is 6.07. The van der Waals surface area contributed by atoms with Crippen LogP contribution in [0.2, 0.25) is 5.02 Å². The topological polar surface area (TPSA) is 63.7 Å². The summed E-state index contributed by atoms with van der Waals surface area (Å²) in [5, 5.41) is 0.569. The molecule has 1 atom stereocenters. The first kappa shape index (κ1) is 17.5. The third-order valence-electron chi connectivity index (χ3n) is 4.04. The van der Waals surface area contributed by atoms with Crippen LogP contribution in [0.15, 0.2) is 24.3 Å². The smallest absolute Gasteiger partial charge is 0.310 e. The van der Waals surface area contributed by atoms with Gasteiger partial charge in [-0.1, -0.05) is 11.6 Å². The molecule has 0 bridgehead atoms. The van der Waals surface area contributed by atoms with E-state index < -0.39 is 0 Å². The van der Waals surface area contributed by atoms with Crippen molar-refractivity contribution >= 4 is 29.3 Å². The number of halogens is 1. The largest absolute Gasteiger partial charge is 0.469 e. The lowest BCUT2D eigenvalue weighted by Crippen LogP contribution is -2.42. The summed E-state index contributed by atoms with van der Waals surface area (Å²) in [6.45, 7) is 1.00. The van der Waals surface area contributed by atoms with E-state index in [9.17, 15) is 14.4 Å². The van der Waals surface area contributed by atoms with E-state index in [0.29, 0.717) is 23.7 Å². The van der Waals surface area contributed by atoms with Gasteiger partial charge in [-0.3, -0.25) is 14.4 Å². The number of esters is 1. The molecule has 2 rings (SSSR count). The van der Waals surface area contributed by atoms with Crippen molar-refractivity contribution < 1.29 is 19.1 Å². The maximum atomic E-state index is 12.2. The third kappa shape index (κ3) is 4.79. The molecule has 1 unspecified atom stereocenters. The zero-order valence-corrected chi connectivity index (χ0v) is 13.8. The number of nitrogens with zero attached hydrogens (tertiary/aromatic N) is 1. The Morgan fingerprint density at radius 1 is 1.22 bits per heavy atom. The minimum Gasteiger partial charge on any atom is -0.469 e. The fourth-order valence-corrected chi connectivity index (χ4v) is 2.85. The van der Waals surface area contributed by atoms with Gasteiger partial charge in [0.2, 0.25) is 5.91 Å². The highest BCUT2D eigenvalue weighted by molar-refractivity contribution is 6.30. The molecule has 124 valence electrons. The number of Topliss-reactive ketones (excluding diaryl/α,β-unsaturated/α-hetero) is 1. The second-order valence-electron chi connectivity index (χ2n) is 5.63. The summed E-state index contributed by atoms with van der Waals surface area (Å²) in [7, 11) is 1.36. The van der Waals surface area contributed by atoms with E-state index >= 15 is 0 Å².